The summed E-state index contributed by atoms with van der Waals surface area (Å²) in [7, 11) is 1.67. The monoisotopic (exact) mass is 254 g/mol. The molecule has 3 rings (SSSR count). The summed E-state index contributed by atoms with van der Waals surface area (Å²) in [4.78, 5) is 4.17. The summed E-state index contributed by atoms with van der Waals surface area (Å²) in [6.07, 6.45) is 4.84. The van der Waals surface area contributed by atoms with Crippen molar-refractivity contribution >= 4 is 0 Å². The van der Waals surface area contributed by atoms with Crippen LogP contribution in [0, 0.1) is 0 Å². The number of rotatable bonds is 5. The Kier molecular flexibility index (Phi) is 3.47. The fraction of sp³-hybridized carbons (Fsp3) is 0.312. The lowest BCUT2D eigenvalue weighted by Crippen LogP contribution is -2.17. The van der Waals surface area contributed by atoms with E-state index in [1.54, 1.807) is 13.3 Å². The summed E-state index contributed by atoms with van der Waals surface area (Å²) in [6, 6.07) is 13.3. The van der Waals surface area contributed by atoms with Crippen LogP contribution in [0.4, 0.5) is 0 Å². The third kappa shape index (κ3) is 2.93. The maximum Gasteiger partial charge on any atom is 0.137 e. The SMILES string of the molecule is COc1cncc(CNC2CC2c2ccccc2)c1. The molecule has 0 aliphatic heterocycles. The third-order valence-corrected chi connectivity index (χ3v) is 3.59. The quantitative estimate of drug-likeness (QED) is 0.891. The molecule has 19 heavy (non-hydrogen) atoms. The zero-order valence-electron chi connectivity index (χ0n) is 11.0. The molecule has 98 valence electrons. The largest absolute Gasteiger partial charge is 0.495 e. The van der Waals surface area contributed by atoms with Crippen LogP contribution in [-0.2, 0) is 6.54 Å². The molecule has 1 fully saturated rings. The Labute approximate surface area is 113 Å². The molecule has 0 bridgehead atoms. The van der Waals surface area contributed by atoms with Crippen molar-refractivity contribution in [1.29, 1.82) is 0 Å². The van der Waals surface area contributed by atoms with E-state index in [9.17, 15) is 0 Å². The van der Waals surface area contributed by atoms with Gasteiger partial charge < -0.3 is 10.1 Å². The van der Waals surface area contributed by atoms with Gasteiger partial charge in [-0.1, -0.05) is 30.3 Å². The lowest BCUT2D eigenvalue weighted by molar-refractivity contribution is 0.412. The predicted molar refractivity (Wildman–Crippen MR) is 75.2 cm³/mol. The molecule has 0 saturated heterocycles. The Bertz CT molecular complexity index is 541. The minimum absolute atomic E-state index is 0.591. The first-order chi connectivity index (χ1) is 9.36. The van der Waals surface area contributed by atoms with Crippen LogP contribution in [0.2, 0.25) is 0 Å². The van der Waals surface area contributed by atoms with Crippen molar-refractivity contribution in [2.75, 3.05) is 7.11 Å². The maximum atomic E-state index is 5.18. The number of nitrogens with one attached hydrogen (secondary N) is 1. The second-order valence-corrected chi connectivity index (χ2v) is 4.97. The Morgan fingerprint density at radius 3 is 2.89 bits per heavy atom. The van der Waals surface area contributed by atoms with Crippen LogP contribution in [0.5, 0.6) is 5.75 Å². The van der Waals surface area contributed by atoms with Gasteiger partial charge in [0, 0.05) is 24.7 Å². The molecule has 0 amide bonds. The average molecular weight is 254 g/mol. The van der Waals surface area contributed by atoms with Crippen molar-refractivity contribution in [1.82, 2.24) is 10.3 Å². The minimum Gasteiger partial charge on any atom is -0.495 e. The Hall–Kier alpha value is -1.87. The minimum atomic E-state index is 0.591. The van der Waals surface area contributed by atoms with E-state index in [0.717, 1.165) is 17.9 Å². The molecule has 1 saturated carbocycles. The second-order valence-electron chi connectivity index (χ2n) is 4.97. The van der Waals surface area contributed by atoms with E-state index in [0.29, 0.717) is 12.0 Å². The summed E-state index contributed by atoms with van der Waals surface area (Å²) in [5.41, 5.74) is 2.60. The summed E-state index contributed by atoms with van der Waals surface area (Å²) in [5.74, 6) is 1.48. The molecule has 1 heterocycles. The van der Waals surface area contributed by atoms with E-state index in [-0.39, 0.29) is 0 Å². The van der Waals surface area contributed by atoms with Gasteiger partial charge in [0.15, 0.2) is 0 Å². The highest BCUT2D eigenvalue weighted by Gasteiger charge is 2.37. The Balaban J connectivity index is 1.54. The van der Waals surface area contributed by atoms with Gasteiger partial charge in [0.1, 0.15) is 5.75 Å². The lowest BCUT2D eigenvalue weighted by Gasteiger charge is -2.06. The summed E-state index contributed by atoms with van der Waals surface area (Å²) in [5, 5.41) is 3.58. The van der Waals surface area contributed by atoms with E-state index >= 15 is 0 Å². The van der Waals surface area contributed by atoms with Crippen molar-refractivity contribution in [3.63, 3.8) is 0 Å². The number of pyridine rings is 1. The number of nitrogens with zero attached hydrogens (tertiary/aromatic N) is 1. The number of hydrogen-bond donors (Lipinski definition) is 1. The molecule has 3 heteroatoms. The normalized spacial score (nSPS) is 21.1. The topological polar surface area (TPSA) is 34.1 Å². The molecule has 0 radical (unpaired) electrons. The molecule has 1 aliphatic carbocycles. The summed E-state index contributed by atoms with van der Waals surface area (Å²) < 4.78 is 5.18. The standard InChI is InChI=1S/C16H18N2O/c1-19-14-7-12(9-17-11-14)10-18-16-8-15(16)13-5-3-2-4-6-13/h2-7,9,11,15-16,18H,8,10H2,1H3. The number of aromatic nitrogens is 1. The fourth-order valence-corrected chi connectivity index (χ4v) is 2.41. The first kappa shape index (κ1) is 12.2. The van der Waals surface area contributed by atoms with Gasteiger partial charge in [-0.2, -0.15) is 0 Å². The molecule has 2 unspecified atom stereocenters. The number of benzene rings is 1. The van der Waals surface area contributed by atoms with E-state index < -0.39 is 0 Å². The molecule has 1 aromatic heterocycles. The van der Waals surface area contributed by atoms with Crippen molar-refractivity contribution < 1.29 is 4.74 Å². The summed E-state index contributed by atoms with van der Waals surface area (Å²) >= 11 is 0. The van der Waals surface area contributed by atoms with E-state index in [1.165, 1.54) is 12.0 Å². The molecular weight excluding hydrogens is 236 g/mol. The van der Waals surface area contributed by atoms with Crippen LogP contribution < -0.4 is 10.1 Å². The second kappa shape index (κ2) is 5.41. The smallest absolute Gasteiger partial charge is 0.137 e. The van der Waals surface area contributed by atoms with Gasteiger partial charge in [-0.25, -0.2) is 0 Å². The van der Waals surface area contributed by atoms with Gasteiger partial charge in [-0.3, -0.25) is 4.98 Å². The maximum absolute atomic E-state index is 5.18. The number of hydrogen-bond acceptors (Lipinski definition) is 3. The van der Waals surface area contributed by atoms with Crippen LogP contribution in [0.1, 0.15) is 23.5 Å². The van der Waals surface area contributed by atoms with Crippen LogP contribution >= 0.6 is 0 Å². The molecule has 1 N–H and O–H groups in total. The van der Waals surface area contributed by atoms with Gasteiger partial charge in [0.25, 0.3) is 0 Å². The van der Waals surface area contributed by atoms with Crippen molar-refractivity contribution in [2.24, 2.45) is 0 Å². The summed E-state index contributed by atoms with van der Waals surface area (Å²) in [6.45, 7) is 0.845. The zero-order valence-corrected chi connectivity index (χ0v) is 11.0. The van der Waals surface area contributed by atoms with E-state index in [1.807, 2.05) is 12.3 Å². The fourth-order valence-electron chi connectivity index (χ4n) is 2.41. The van der Waals surface area contributed by atoms with Crippen LogP contribution in [-0.4, -0.2) is 18.1 Å². The molecule has 2 atom stereocenters. The highest BCUT2D eigenvalue weighted by molar-refractivity contribution is 5.28. The Morgan fingerprint density at radius 1 is 1.26 bits per heavy atom. The van der Waals surface area contributed by atoms with Crippen molar-refractivity contribution in [3.05, 3.63) is 59.9 Å². The highest BCUT2D eigenvalue weighted by atomic mass is 16.5. The van der Waals surface area contributed by atoms with E-state index in [2.05, 4.69) is 40.6 Å². The molecule has 1 aromatic carbocycles. The molecular formula is C16H18N2O. The van der Waals surface area contributed by atoms with Crippen LogP contribution in [0.15, 0.2) is 48.8 Å². The number of ether oxygens (including phenoxy) is 1. The van der Waals surface area contributed by atoms with E-state index in [4.69, 9.17) is 4.74 Å². The molecule has 1 aliphatic rings. The van der Waals surface area contributed by atoms with Gasteiger partial charge in [-0.05, 0) is 23.6 Å². The highest BCUT2D eigenvalue weighted by Crippen LogP contribution is 2.40. The first-order valence-corrected chi connectivity index (χ1v) is 6.63. The lowest BCUT2D eigenvalue weighted by atomic mass is 10.1. The molecule has 2 aromatic rings. The van der Waals surface area contributed by atoms with Gasteiger partial charge in [0.2, 0.25) is 0 Å². The molecule has 0 spiro atoms. The van der Waals surface area contributed by atoms with Gasteiger partial charge in [0.05, 0.1) is 13.3 Å². The average Bonchev–Trinajstić information content (AvgIpc) is 3.26. The Morgan fingerprint density at radius 2 is 2.11 bits per heavy atom. The van der Waals surface area contributed by atoms with Crippen LogP contribution in [0.25, 0.3) is 0 Å². The number of methoxy groups -OCH3 is 1. The molecule has 3 nitrogen and oxygen atoms in total. The van der Waals surface area contributed by atoms with Gasteiger partial charge in [-0.15, -0.1) is 0 Å². The van der Waals surface area contributed by atoms with Crippen LogP contribution in [0.3, 0.4) is 0 Å². The van der Waals surface area contributed by atoms with Gasteiger partial charge >= 0.3 is 0 Å². The predicted octanol–water partition coefficient (Wildman–Crippen LogP) is 2.74. The van der Waals surface area contributed by atoms with Crippen molar-refractivity contribution in [3.8, 4) is 5.75 Å². The first-order valence-electron chi connectivity index (χ1n) is 6.63. The third-order valence-electron chi connectivity index (χ3n) is 3.59. The van der Waals surface area contributed by atoms with Crippen molar-refractivity contribution in [2.45, 2.75) is 24.9 Å². The zero-order chi connectivity index (χ0) is 13.1.